The van der Waals surface area contributed by atoms with Crippen LogP contribution < -0.4 is 5.32 Å². The molecule has 1 heterocycles. The monoisotopic (exact) mass is 330 g/mol. The molecule has 132 valence electrons. The fourth-order valence-electron chi connectivity index (χ4n) is 3.08. The lowest BCUT2D eigenvalue weighted by atomic mass is 9.87. The van der Waals surface area contributed by atoms with Gasteiger partial charge in [0.2, 0.25) is 5.91 Å². The maximum atomic E-state index is 12.2. The summed E-state index contributed by atoms with van der Waals surface area (Å²) in [5, 5.41) is 2.85. The van der Waals surface area contributed by atoms with Crippen LogP contribution in [0.3, 0.4) is 0 Å². The van der Waals surface area contributed by atoms with Crippen molar-refractivity contribution in [1.29, 1.82) is 0 Å². The standard InChI is InChI=1S/C20H30N2O2/c1-15-6-5-13-22(14-15)18(23)11-12-21-19(24)16-7-9-17(10-8-16)20(2,3)4/h7-10,15H,5-6,11-14H2,1-4H3,(H,21,24)/t15-/m0/s1. The molecule has 1 aliphatic rings. The molecule has 2 rings (SSSR count). The summed E-state index contributed by atoms with van der Waals surface area (Å²) in [4.78, 5) is 26.3. The Balaban J connectivity index is 1.79. The molecule has 1 atom stereocenters. The topological polar surface area (TPSA) is 49.4 Å². The number of nitrogens with one attached hydrogen (secondary N) is 1. The maximum Gasteiger partial charge on any atom is 0.251 e. The summed E-state index contributed by atoms with van der Waals surface area (Å²) in [5.41, 5.74) is 1.92. The van der Waals surface area contributed by atoms with E-state index in [0.717, 1.165) is 19.5 Å². The predicted octanol–water partition coefficient (Wildman–Crippen LogP) is 3.36. The quantitative estimate of drug-likeness (QED) is 0.920. The molecule has 0 unspecified atom stereocenters. The van der Waals surface area contributed by atoms with Crippen molar-refractivity contribution in [2.75, 3.05) is 19.6 Å². The number of hydrogen-bond acceptors (Lipinski definition) is 2. The Hall–Kier alpha value is -1.84. The Bertz CT molecular complexity index is 572. The van der Waals surface area contributed by atoms with Gasteiger partial charge >= 0.3 is 0 Å². The van der Waals surface area contributed by atoms with Crippen LogP contribution in [-0.2, 0) is 10.2 Å². The number of hydrogen-bond donors (Lipinski definition) is 1. The average molecular weight is 330 g/mol. The molecule has 1 aliphatic heterocycles. The van der Waals surface area contributed by atoms with E-state index in [0.29, 0.717) is 24.4 Å². The zero-order valence-corrected chi connectivity index (χ0v) is 15.4. The minimum absolute atomic E-state index is 0.0764. The van der Waals surface area contributed by atoms with E-state index >= 15 is 0 Å². The largest absolute Gasteiger partial charge is 0.352 e. The minimum atomic E-state index is -0.115. The average Bonchev–Trinajstić information content (AvgIpc) is 2.54. The summed E-state index contributed by atoms with van der Waals surface area (Å²) in [5.74, 6) is 0.610. The fourth-order valence-corrected chi connectivity index (χ4v) is 3.08. The third kappa shape index (κ3) is 5.08. The lowest BCUT2D eigenvalue weighted by molar-refractivity contribution is -0.132. The first kappa shape index (κ1) is 18.5. The fraction of sp³-hybridized carbons (Fsp3) is 0.600. The SMILES string of the molecule is C[C@H]1CCCN(C(=O)CCNC(=O)c2ccc(C(C)(C)C)cc2)C1. The Morgan fingerprint density at radius 2 is 1.88 bits per heavy atom. The van der Waals surface area contributed by atoms with Gasteiger partial charge in [0.1, 0.15) is 0 Å². The third-order valence-electron chi connectivity index (χ3n) is 4.65. The van der Waals surface area contributed by atoms with E-state index in [1.54, 1.807) is 0 Å². The highest BCUT2D eigenvalue weighted by Gasteiger charge is 2.20. The molecule has 1 aromatic carbocycles. The number of carbonyl (C=O) groups is 2. The number of piperidine rings is 1. The number of rotatable bonds is 4. The van der Waals surface area contributed by atoms with Crippen molar-refractivity contribution in [2.45, 2.75) is 52.4 Å². The molecule has 0 bridgehead atoms. The van der Waals surface area contributed by atoms with Gasteiger partial charge in [-0.15, -0.1) is 0 Å². The first-order valence-corrected chi connectivity index (χ1v) is 8.94. The van der Waals surface area contributed by atoms with Crippen molar-refractivity contribution in [2.24, 2.45) is 5.92 Å². The highest BCUT2D eigenvalue weighted by molar-refractivity contribution is 5.94. The first-order valence-electron chi connectivity index (χ1n) is 8.94. The van der Waals surface area contributed by atoms with Crippen molar-refractivity contribution in [3.63, 3.8) is 0 Å². The summed E-state index contributed by atoms with van der Waals surface area (Å²) in [6.07, 6.45) is 2.66. The zero-order valence-electron chi connectivity index (χ0n) is 15.4. The minimum Gasteiger partial charge on any atom is -0.352 e. The van der Waals surface area contributed by atoms with E-state index in [1.807, 2.05) is 29.2 Å². The van der Waals surface area contributed by atoms with Gasteiger partial charge in [-0.05, 0) is 41.9 Å². The molecule has 1 fully saturated rings. The van der Waals surface area contributed by atoms with E-state index in [-0.39, 0.29) is 17.2 Å². The van der Waals surface area contributed by atoms with E-state index in [9.17, 15) is 9.59 Å². The number of nitrogens with zero attached hydrogens (tertiary/aromatic N) is 1. The van der Waals surface area contributed by atoms with Gasteiger partial charge in [-0.25, -0.2) is 0 Å². The lowest BCUT2D eigenvalue weighted by Crippen LogP contribution is -2.40. The Labute approximate surface area is 145 Å². The van der Waals surface area contributed by atoms with E-state index in [4.69, 9.17) is 0 Å². The van der Waals surface area contributed by atoms with Crippen LogP contribution in [0.1, 0.15) is 62.9 Å². The Kier molecular flexibility index (Phi) is 6.03. The molecule has 0 aromatic heterocycles. The third-order valence-corrected chi connectivity index (χ3v) is 4.65. The molecule has 1 aromatic rings. The van der Waals surface area contributed by atoms with Gasteiger partial charge in [0.05, 0.1) is 0 Å². The normalized spacial score (nSPS) is 18.3. The number of likely N-dealkylation sites (tertiary alicyclic amines) is 1. The molecule has 2 amide bonds. The van der Waals surface area contributed by atoms with Crippen LogP contribution in [0.15, 0.2) is 24.3 Å². The van der Waals surface area contributed by atoms with Gasteiger partial charge in [-0.1, -0.05) is 39.8 Å². The number of amides is 2. The highest BCUT2D eigenvalue weighted by Crippen LogP contribution is 2.22. The summed E-state index contributed by atoms with van der Waals surface area (Å²) < 4.78 is 0. The van der Waals surface area contributed by atoms with Gasteiger partial charge in [0, 0.05) is 31.6 Å². The summed E-state index contributed by atoms with van der Waals surface area (Å²) >= 11 is 0. The van der Waals surface area contributed by atoms with E-state index in [2.05, 4.69) is 33.0 Å². The van der Waals surface area contributed by atoms with Gasteiger partial charge in [-0.2, -0.15) is 0 Å². The van der Waals surface area contributed by atoms with Crippen LogP contribution in [0.2, 0.25) is 0 Å². The van der Waals surface area contributed by atoms with E-state index < -0.39 is 0 Å². The van der Waals surface area contributed by atoms with Crippen LogP contribution >= 0.6 is 0 Å². The van der Waals surface area contributed by atoms with Crippen LogP contribution in [0, 0.1) is 5.92 Å². The second-order valence-electron chi connectivity index (χ2n) is 7.92. The van der Waals surface area contributed by atoms with Crippen LogP contribution in [-0.4, -0.2) is 36.3 Å². The van der Waals surface area contributed by atoms with Gasteiger partial charge in [0.25, 0.3) is 5.91 Å². The van der Waals surface area contributed by atoms with Gasteiger partial charge in [0.15, 0.2) is 0 Å². The zero-order chi connectivity index (χ0) is 17.7. The lowest BCUT2D eigenvalue weighted by Gasteiger charge is -2.31. The van der Waals surface area contributed by atoms with Crippen molar-refractivity contribution >= 4 is 11.8 Å². The first-order chi connectivity index (χ1) is 11.3. The van der Waals surface area contributed by atoms with Crippen molar-refractivity contribution in [3.8, 4) is 0 Å². The summed E-state index contributed by atoms with van der Waals surface area (Å²) in [7, 11) is 0. The molecule has 0 saturated carbocycles. The number of benzene rings is 1. The molecular formula is C20H30N2O2. The molecular weight excluding hydrogens is 300 g/mol. The van der Waals surface area contributed by atoms with Gasteiger partial charge in [-0.3, -0.25) is 9.59 Å². The molecule has 0 aliphatic carbocycles. The molecule has 4 heteroatoms. The van der Waals surface area contributed by atoms with Gasteiger partial charge < -0.3 is 10.2 Å². The van der Waals surface area contributed by atoms with Crippen molar-refractivity contribution in [1.82, 2.24) is 10.2 Å². The Morgan fingerprint density at radius 1 is 1.21 bits per heavy atom. The summed E-state index contributed by atoms with van der Waals surface area (Å²) in [6, 6.07) is 7.69. The second kappa shape index (κ2) is 7.82. The maximum absolute atomic E-state index is 12.2. The summed E-state index contributed by atoms with van der Waals surface area (Å²) in [6.45, 7) is 10.7. The molecule has 4 nitrogen and oxygen atoms in total. The highest BCUT2D eigenvalue weighted by atomic mass is 16.2. The van der Waals surface area contributed by atoms with Crippen LogP contribution in [0.4, 0.5) is 0 Å². The number of carbonyl (C=O) groups excluding carboxylic acids is 2. The van der Waals surface area contributed by atoms with Crippen LogP contribution in [0.5, 0.6) is 0 Å². The molecule has 0 spiro atoms. The smallest absolute Gasteiger partial charge is 0.251 e. The molecule has 24 heavy (non-hydrogen) atoms. The van der Waals surface area contributed by atoms with Crippen LogP contribution in [0.25, 0.3) is 0 Å². The Morgan fingerprint density at radius 3 is 2.46 bits per heavy atom. The molecule has 1 N–H and O–H groups in total. The molecule has 0 radical (unpaired) electrons. The molecule has 1 saturated heterocycles. The van der Waals surface area contributed by atoms with Crippen molar-refractivity contribution < 1.29 is 9.59 Å². The second-order valence-corrected chi connectivity index (χ2v) is 7.92. The predicted molar refractivity (Wildman–Crippen MR) is 97.1 cm³/mol. The van der Waals surface area contributed by atoms with E-state index in [1.165, 1.54) is 12.0 Å². The van der Waals surface area contributed by atoms with Crippen molar-refractivity contribution in [3.05, 3.63) is 35.4 Å².